The van der Waals surface area contributed by atoms with Crippen LogP contribution >= 0.6 is 15.9 Å². The van der Waals surface area contributed by atoms with Crippen LogP contribution in [0.15, 0.2) is 22.7 Å². The SMILES string of the molecule is N#Cc1ccc(C(N)CN)c(Br)c1. The molecular formula is C9H10BrN3. The van der Waals surface area contributed by atoms with E-state index in [4.69, 9.17) is 16.7 Å². The van der Waals surface area contributed by atoms with E-state index in [1.54, 1.807) is 12.1 Å². The number of nitrogens with two attached hydrogens (primary N) is 2. The second-order valence-electron chi connectivity index (χ2n) is 2.69. The molecule has 1 unspecified atom stereocenters. The first kappa shape index (κ1) is 10.2. The Labute approximate surface area is 85.5 Å². The molecule has 0 heterocycles. The average Bonchev–Trinajstić information content (AvgIpc) is 2.16. The fraction of sp³-hybridized carbons (Fsp3) is 0.222. The van der Waals surface area contributed by atoms with Crippen molar-refractivity contribution in [2.24, 2.45) is 11.5 Å². The molecule has 0 saturated carbocycles. The van der Waals surface area contributed by atoms with Crippen molar-refractivity contribution < 1.29 is 0 Å². The van der Waals surface area contributed by atoms with Gasteiger partial charge in [-0.25, -0.2) is 0 Å². The maximum atomic E-state index is 8.62. The smallest absolute Gasteiger partial charge is 0.0992 e. The number of rotatable bonds is 2. The molecule has 0 fully saturated rings. The summed E-state index contributed by atoms with van der Waals surface area (Å²) >= 11 is 3.34. The minimum Gasteiger partial charge on any atom is -0.329 e. The molecule has 0 bridgehead atoms. The maximum Gasteiger partial charge on any atom is 0.0992 e. The van der Waals surface area contributed by atoms with Crippen molar-refractivity contribution in [3.8, 4) is 6.07 Å². The lowest BCUT2D eigenvalue weighted by molar-refractivity contribution is 0.733. The predicted octanol–water partition coefficient (Wildman–Crippen LogP) is 1.28. The van der Waals surface area contributed by atoms with Gasteiger partial charge in [-0.15, -0.1) is 0 Å². The lowest BCUT2D eigenvalue weighted by Gasteiger charge is -2.10. The van der Waals surface area contributed by atoms with Crippen LogP contribution in [0.2, 0.25) is 0 Å². The van der Waals surface area contributed by atoms with Crippen LogP contribution < -0.4 is 11.5 Å². The normalized spacial score (nSPS) is 12.2. The Morgan fingerprint density at radius 1 is 1.54 bits per heavy atom. The largest absolute Gasteiger partial charge is 0.329 e. The molecule has 4 N–H and O–H groups in total. The predicted molar refractivity (Wildman–Crippen MR) is 54.8 cm³/mol. The van der Waals surface area contributed by atoms with Crippen LogP contribution in [0.5, 0.6) is 0 Å². The summed E-state index contributed by atoms with van der Waals surface area (Å²) in [5.41, 5.74) is 12.7. The molecule has 1 aromatic rings. The second-order valence-corrected chi connectivity index (χ2v) is 3.54. The number of benzene rings is 1. The topological polar surface area (TPSA) is 75.8 Å². The van der Waals surface area contributed by atoms with Gasteiger partial charge in [-0.2, -0.15) is 5.26 Å². The highest BCUT2D eigenvalue weighted by Crippen LogP contribution is 2.22. The summed E-state index contributed by atoms with van der Waals surface area (Å²) in [6, 6.07) is 7.16. The van der Waals surface area contributed by atoms with E-state index >= 15 is 0 Å². The summed E-state index contributed by atoms with van der Waals surface area (Å²) in [7, 11) is 0. The van der Waals surface area contributed by atoms with Gasteiger partial charge >= 0.3 is 0 Å². The van der Waals surface area contributed by atoms with E-state index < -0.39 is 0 Å². The van der Waals surface area contributed by atoms with E-state index in [1.165, 1.54) is 0 Å². The molecule has 1 rings (SSSR count). The van der Waals surface area contributed by atoms with Gasteiger partial charge in [0.15, 0.2) is 0 Å². The first-order valence-corrected chi connectivity index (χ1v) is 4.63. The fourth-order valence-electron chi connectivity index (χ4n) is 1.02. The molecule has 1 aromatic carbocycles. The zero-order valence-electron chi connectivity index (χ0n) is 7.00. The zero-order chi connectivity index (χ0) is 9.84. The van der Waals surface area contributed by atoms with Crippen molar-refractivity contribution in [3.63, 3.8) is 0 Å². The number of nitrogens with zero attached hydrogens (tertiary/aromatic N) is 1. The van der Waals surface area contributed by atoms with E-state index in [-0.39, 0.29) is 6.04 Å². The van der Waals surface area contributed by atoms with Gasteiger partial charge in [0.05, 0.1) is 11.6 Å². The molecule has 0 radical (unpaired) electrons. The van der Waals surface area contributed by atoms with Gasteiger partial charge in [0.25, 0.3) is 0 Å². The lowest BCUT2D eigenvalue weighted by atomic mass is 10.1. The van der Waals surface area contributed by atoms with Gasteiger partial charge in [-0.05, 0) is 17.7 Å². The van der Waals surface area contributed by atoms with Crippen LogP contribution in [0.1, 0.15) is 17.2 Å². The summed E-state index contributed by atoms with van der Waals surface area (Å²) in [4.78, 5) is 0. The van der Waals surface area contributed by atoms with Gasteiger partial charge in [-0.3, -0.25) is 0 Å². The summed E-state index contributed by atoms with van der Waals surface area (Å²) in [6.45, 7) is 0.393. The molecule has 0 aromatic heterocycles. The fourth-order valence-corrected chi connectivity index (χ4v) is 1.70. The Morgan fingerprint density at radius 2 is 2.23 bits per heavy atom. The van der Waals surface area contributed by atoms with Crippen LogP contribution in [-0.4, -0.2) is 6.54 Å². The first-order chi connectivity index (χ1) is 6.19. The van der Waals surface area contributed by atoms with E-state index in [2.05, 4.69) is 15.9 Å². The van der Waals surface area contributed by atoms with Gasteiger partial charge in [-0.1, -0.05) is 22.0 Å². The Balaban J connectivity index is 3.07. The summed E-state index contributed by atoms with van der Waals surface area (Å²) in [5.74, 6) is 0. The molecule has 0 spiro atoms. The highest BCUT2D eigenvalue weighted by Gasteiger charge is 2.07. The summed E-state index contributed by atoms with van der Waals surface area (Å²) < 4.78 is 0.838. The molecule has 0 aliphatic carbocycles. The standard InChI is InChI=1S/C9H10BrN3/c10-8-3-6(4-11)1-2-7(8)9(13)5-12/h1-3,9H,5,12-13H2. The third-order valence-corrected chi connectivity index (χ3v) is 2.47. The minimum atomic E-state index is -0.179. The lowest BCUT2D eigenvalue weighted by Crippen LogP contribution is -2.21. The van der Waals surface area contributed by atoms with E-state index in [9.17, 15) is 0 Å². The molecule has 3 nitrogen and oxygen atoms in total. The highest BCUT2D eigenvalue weighted by atomic mass is 79.9. The average molecular weight is 240 g/mol. The van der Waals surface area contributed by atoms with Crippen LogP contribution in [0.25, 0.3) is 0 Å². The van der Waals surface area contributed by atoms with E-state index in [0.29, 0.717) is 12.1 Å². The molecule has 13 heavy (non-hydrogen) atoms. The van der Waals surface area contributed by atoms with Gasteiger partial charge < -0.3 is 11.5 Å². The Bertz CT molecular complexity index is 343. The molecule has 68 valence electrons. The first-order valence-electron chi connectivity index (χ1n) is 3.84. The Morgan fingerprint density at radius 3 is 2.69 bits per heavy atom. The zero-order valence-corrected chi connectivity index (χ0v) is 8.58. The maximum absolute atomic E-state index is 8.62. The number of halogens is 1. The number of nitriles is 1. The molecule has 1 atom stereocenters. The molecule has 0 amide bonds. The number of hydrogen-bond acceptors (Lipinski definition) is 3. The third-order valence-electron chi connectivity index (χ3n) is 1.78. The van der Waals surface area contributed by atoms with Crippen molar-refractivity contribution in [2.75, 3.05) is 6.54 Å². The monoisotopic (exact) mass is 239 g/mol. The van der Waals surface area contributed by atoms with Crippen LogP contribution in [-0.2, 0) is 0 Å². The Kier molecular flexibility index (Phi) is 3.43. The van der Waals surface area contributed by atoms with Crippen LogP contribution in [0, 0.1) is 11.3 Å². The minimum absolute atomic E-state index is 0.179. The van der Waals surface area contributed by atoms with Gasteiger partial charge in [0, 0.05) is 17.1 Å². The van der Waals surface area contributed by atoms with Gasteiger partial charge in [0.2, 0.25) is 0 Å². The van der Waals surface area contributed by atoms with Crippen molar-refractivity contribution in [3.05, 3.63) is 33.8 Å². The van der Waals surface area contributed by atoms with Gasteiger partial charge in [0.1, 0.15) is 0 Å². The van der Waals surface area contributed by atoms with Crippen molar-refractivity contribution in [1.29, 1.82) is 5.26 Å². The highest BCUT2D eigenvalue weighted by molar-refractivity contribution is 9.10. The molecule has 0 aliphatic heterocycles. The van der Waals surface area contributed by atoms with E-state index in [1.807, 2.05) is 12.1 Å². The quantitative estimate of drug-likeness (QED) is 0.817. The number of hydrogen-bond donors (Lipinski definition) is 2. The van der Waals surface area contributed by atoms with Crippen molar-refractivity contribution in [2.45, 2.75) is 6.04 Å². The summed E-state index contributed by atoms with van der Waals surface area (Å²) in [6.07, 6.45) is 0. The molecular weight excluding hydrogens is 230 g/mol. The molecule has 0 saturated heterocycles. The van der Waals surface area contributed by atoms with Crippen molar-refractivity contribution >= 4 is 15.9 Å². The molecule has 0 aliphatic rings. The summed E-state index contributed by atoms with van der Waals surface area (Å²) in [5, 5.41) is 8.62. The molecule has 4 heteroatoms. The van der Waals surface area contributed by atoms with Crippen LogP contribution in [0.4, 0.5) is 0 Å². The second kappa shape index (κ2) is 4.38. The van der Waals surface area contributed by atoms with Crippen LogP contribution in [0.3, 0.4) is 0 Å². The van der Waals surface area contributed by atoms with Crippen molar-refractivity contribution in [1.82, 2.24) is 0 Å². The Hall–Kier alpha value is -0.890. The third kappa shape index (κ3) is 2.28. The van der Waals surface area contributed by atoms with E-state index in [0.717, 1.165) is 10.0 Å².